The van der Waals surface area contributed by atoms with Crippen molar-refractivity contribution in [1.29, 1.82) is 0 Å². The van der Waals surface area contributed by atoms with Gasteiger partial charge in [0.05, 0.1) is 0 Å². The number of hydrogen-bond donors (Lipinski definition) is 1. The zero-order chi connectivity index (χ0) is 13.3. The molecule has 2 rings (SSSR count). The van der Waals surface area contributed by atoms with E-state index < -0.39 is 0 Å². The zero-order valence-electron chi connectivity index (χ0n) is 11.4. The van der Waals surface area contributed by atoms with E-state index in [-0.39, 0.29) is 11.4 Å². The summed E-state index contributed by atoms with van der Waals surface area (Å²) in [5.41, 5.74) is 7.29. The lowest BCUT2D eigenvalue weighted by Crippen LogP contribution is -2.57. The van der Waals surface area contributed by atoms with Crippen LogP contribution in [0.3, 0.4) is 0 Å². The summed E-state index contributed by atoms with van der Waals surface area (Å²) in [6.07, 6.45) is 0. The van der Waals surface area contributed by atoms with Crippen molar-refractivity contribution >= 4 is 5.69 Å². The Morgan fingerprint density at radius 1 is 1.28 bits per heavy atom. The van der Waals surface area contributed by atoms with Crippen LogP contribution in [0.25, 0.3) is 0 Å². The van der Waals surface area contributed by atoms with Crippen LogP contribution in [0.2, 0.25) is 0 Å². The first kappa shape index (κ1) is 13.3. The Hall–Kier alpha value is -1.13. The van der Waals surface area contributed by atoms with Crippen LogP contribution < -0.4 is 5.73 Å². The van der Waals surface area contributed by atoms with Crippen LogP contribution in [0.5, 0.6) is 0 Å². The number of piperazine rings is 1. The van der Waals surface area contributed by atoms with Gasteiger partial charge in [0.2, 0.25) is 0 Å². The predicted octanol–water partition coefficient (Wildman–Crippen LogP) is 1.93. The summed E-state index contributed by atoms with van der Waals surface area (Å²) < 4.78 is 13.3. The van der Waals surface area contributed by atoms with Gasteiger partial charge in [0.15, 0.2) is 0 Å². The maximum absolute atomic E-state index is 13.3. The first-order chi connectivity index (χ1) is 8.37. The SMILES string of the molecule is CN1CCN(Cc2cc(N)cc(F)c2)CC1(C)C. The van der Waals surface area contributed by atoms with Gasteiger partial charge in [-0.25, -0.2) is 4.39 Å². The molecule has 0 bridgehead atoms. The molecule has 4 heteroatoms. The van der Waals surface area contributed by atoms with Crippen molar-refractivity contribution in [3.8, 4) is 0 Å². The van der Waals surface area contributed by atoms with Crippen molar-refractivity contribution in [2.24, 2.45) is 0 Å². The van der Waals surface area contributed by atoms with Gasteiger partial charge in [0.25, 0.3) is 0 Å². The molecule has 0 spiro atoms. The van der Waals surface area contributed by atoms with E-state index in [0.717, 1.165) is 31.7 Å². The highest BCUT2D eigenvalue weighted by Gasteiger charge is 2.30. The third-order valence-corrected chi connectivity index (χ3v) is 3.78. The molecule has 1 saturated heterocycles. The number of rotatable bonds is 2. The van der Waals surface area contributed by atoms with Crippen molar-refractivity contribution in [3.63, 3.8) is 0 Å². The molecule has 100 valence electrons. The Labute approximate surface area is 108 Å². The molecule has 1 heterocycles. The summed E-state index contributed by atoms with van der Waals surface area (Å²) >= 11 is 0. The van der Waals surface area contributed by atoms with Crippen LogP contribution in [0.1, 0.15) is 19.4 Å². The van der Waals surface area contributed by atoms with Gasteiger partial charge in [-0.1, -0.05) is 0 Å². The smallest absolute Gasteiger partial charge is 0.125 e. The molecule has 0 aromatic heterocycles. The van der Waals surface area contributed by atoms with Gasteiger partial charge in [-0.2, -0.15) is 0 Å². The molecule has 2 N–H and O–H groups in total. The second kappa shape index (κ2) is 4.86. The Morgan fingerprint density at radius 3 is 2.61 bits per heavy atom. The van der Waals surface area contributed by atoms with Gasteiger partial charge in [-0.15, -0.1) is 0 Å². The number of benzene rings is 1. The summed E-state index contributed by atoms with van der Waals surface area (Å²) in [6, 6.07) is 4.79. The molecule has 0 atom stereocenters. The van der Waals surface area contributed by atoms with Crippen LogP contribution in [-0.2, 0) is 6.54 Å². The summed E-state index contributed by atoms with van der Waals surface area (Å²) in [7, 11) is 2.15. The van der Waals surface area contributed by atoms with Gasteiger partial charge < -0.3 is 5.73 Å². The fraction of sp³-hybridized carbons (Fsp3) is 0.571. The van der Waals surface area contributed by atoms with Crippen LogP contribution in [0.15, 0.2) is 18.2 Å². The first-order valence-electron chi connectivity index (χ1n) is 6.35. The molecule has 18 heavy (non-hydrogen) atoms. The van der Waals surface area contributed by atoms with Crippen LogP contribution in [-0.4, -0.2) is 42.0 Å². The number of nitrogens with two attached hydrogens (primary N) is 1. The fourth-order valence-corrected chi connectivity index (χ4v) is 2.50. The molecule has 0 unspecified atom stereocenters. The van der Waals surface area contributed by atoms with Crippen molar-refractivity contribution in [2.45, 2.75) is 25.9 Å². The molecular weight excluding hydrogens is 229 g/mol. The number of likely N-dealkylation sites (N-methyl/N-ethyl adjacent to an activating group) is 1. The van der Waals surface area contributed by atoms with E-state index in [2.05, 4.69) is 30.7 Å². The highest BCUT2D eigenvalue weighted by atomic mass is 19.1. The lowest BCUT2D eigenvalue weighted by Gasteiger charge is -2.45. The lowest BCUT2D eigenvalue weighted by molar-refractivity contribution is 0.0360. The number of halogens is 1. The second-order valence-electron chi connectivity index (χ2n) is 5.84. The topological polar surface area (TPSA) is 32.5 Å². The molecule has 3 nitrogen and oxygen atoms in total. The number of hydrogen-bond acceptors (Lipinski definition) is 3. The van der Waals surface area contributed by atoms with Crippen LogP contribution in [0, 0.1) is 5.82 Å². The maximum Gasteiger partial charge on any atom is 0.125 e. The van der Waals surface area contributed by atoms with E-state index >= 15 is 0 Å². The maximum atomic E-state index is 13.3. The third kappa shape index (κ3) is 3.00. The lowest BCUT2D eigenvalue weighted by atomic mass is 9.99. The minimum Gasteiger partial charge on any atom is -0.399 e. The van der Waals surface area contributed by atoms with Gasteiger partial charge in [0, 0.05) is 37.4 Å². The molecule has 0 saturated carbocycles. The Kier molecular flexibility index (Phi) is 3.59. The number of nitrogens with zero attached hydrogens (tertiary/aromatic N) is 2. The molecule has 0 amide bonds. The molecule has 0 aliphatic carbocycles. The molecule has 1 aromatic carbocycles. The van der Waals surface area contributed by atoms with Gasteiger partial charge in [-0.3, -0.25) is 9.80 Å². The Bertz CT molecular complexity index is 411. The summed E-state index contributed by atoms with van der Waals surface area (Å²) in [5, 5.41) is 0. The molecule has 1 aliphatic heterocycles. The Morgan fingerprint density at radius 2 is 2.00 bits per heavy atom. The van der Waals surface area contributed by atoms with Crippen LogP contribution >= 0.6 is 0 Å². The summed E-state index contributed by atoms with van der Waals surface area (Å²) in [5.74, 6) is -0.251. The third-order valence-electron chi connectivity index (χ3n) is 3.78. The van der Waals surface area contributed by atoms with Crippen molar-refractivity contribution in [1.82, 2.24) is 9.80 Å². The zero-order valence-corrected chi connectivity index (χ0v) is 11.4. The first-order valence-corrected chi connectivity index (χ1v) is 6.35. The fourth-order valence-electron chi connectivity index (χ4n) is 2.50. The quantitative estimate of drug-likeness (QED) is 0.815. The van der Waals surface area contributed by atoms with E-state index in [4.69, 9.17) is 5.73 Å². The van der Waals surface area contributed by atoms with Gasteiger partial charge in [-0.05, 0) is 44.7 Å². The van der Waals surface area contributed by atoms with Crippen molar-refractivity contribution < 1.29 is 4.39 Å². The molecule has 1 aliphatic rings. The van der Waals surface area contributed by atoms with Gasteiger partial charge in [0.1, 0.15) is 5.82 Å². The van der Waals surface area contributed by atoms with E-state index in [1.54, 1.807) is 6.07 Å². The van der Waals surface area contributed by atoms with Crippen molar-refractivity contribution in [3.05, 3.63) is 29.6 Å². The van der Waals surface area contributed by atoms with Crippen molar-refractivity contribution in [2.75, 3.05) is 32.4 Å². The Balaban J connectivity index is 2.06. The highest BCUT2D eigenvalue weighted by Crippen LogP contribution is 2.21. The molecule has 1 fully saturated rings. The monoisotopic (exact) mass is 251 g/mol. The minimum atomic E-state index is -0.251. The minimum absolute atomic E-state index is 0.164. The average molecular weight is 251 g/mol. The van der Waals surface area contributed by atoms with E-state index in [9.17, 15) is 4.39 Å². The van der Waals surface area contributed by atoms with Crippen LogP contribution in [0.4, 0.5) is 10.1 Å². The van der Waals surface area contributed by atoms with E-state index in [0.29, 0.717) is 5.69 Å². The molecule has 0 radical (unpaired) electrons. The summed E-state index contributed by atoms with van der Waals surface area (Å²) in [4.78, 5) is 4.72. The van der Waals surface area contributed by atoms with Gasteiger partial charge >= 0.3 is 0 Å². The predicted molar refractivity (Wildman–Crippen MR) is 72.8 cm³/mol. The normalized spacial score (nSPS) is 21.1. The molecular formula is C14H22FN3. The largest absolute Gasteiger partial charge is 0.399 e. The standard InChI is InChI=1S/C14H22FN3/c1-14(2)10-18(5-4-17(14)3)9-11-6-12(15)8-13(16)7-11/h6-8H,4-5,9-10,16H2,1-3H3. The van der Waals surface area contributed by atoms with E-state index in [1.807, 2.05) is 6.07 Å². The number of nitrogen functional groups attached to an aromatic ring is 1. The van der Waals surface area contributed by atoms with E-state index in [1.165, 1.54) is 6.07 Å². The highest BCUT2D eigenvalue weighted by molar-refractivity contribution is 5.41. The molecule has 1 aromatic rings. The summed E-state index contributed by atoms with van der Waals surface area (Å²) in [6.45, 7) is 8.27. The number of anilines is 1. The second-order valence-corrected chi connectivity index (χ2v) is 5.84. The average Bonchev–Trinajstić information content (AvgIpc) is 2.21.